The first-order valence-corrected chi connectivity index (χ1v) is 7.78. The number of hydrogen-bond donors (Lipinski definition) is 1. The molecule has 0 unspecified atom stereocenters. The fourth-order valence-corrected chi connectivity index (χ4v) is 1.83. The lowest BCUT2D eigenvalue weighted by Crippen LogP contribution is -2.16. The average Bonchev–Trinajstić information content (AvgIpc) is 2.41. The van der Waals surface area contributed by atoms with E-state index in [1.54, 1.807) is 6.92 Å². The fourth-order valence-electron chi connectivity index (χ4n) is 1.83. The molecule has 1 atom stereocenters. The second-order valence-corrected chi connectivity index (χ2v) is 5.07. The highest BCUT2D eigenvalue weighted by Gasteiger charge is 2.12. The highest BCUT2D eigenvalue weighted by Crippen LogP contribution is 2.08. The minimum Gasteiger partial charge on any atom is -0.466 e. The van der Waals surface area contributed by atoms with Crippen LogP contribution in [0.4, 0.5) is 0 Å². The Balaban J connectivity index is 3.84. The lowest BCUT2D eigenvalue weighted by molar-refractivity contribution is -0.144. The van der Waals surface area contributed by atoms with Crippen LogP contribution in [-0.2, 0) is 9.53 Å². The van der Waals surface area contributed by atoms with Gasteiger partial charge in [-0.3, -0.25) is 4.79 Å². The number of rotatable bonds is 11. The number of aliphatic hydroxyl groups excluding tert-OH is 1. The first-order chi connectivity index (χ1) is 9.61. The molecule has 0 fully saturated rings. The number of carbonyl (C=O) groups is 1. The van der Waals surface area contributed by atoms with Crippen LogP contribution in [0.15, 0.2) is 23.8 Å². The molecule has 0 heterocycles. The van der Waals surface area contributed by atoms with Crippen LogP contribution in [0.2, 0.25) is 0 Å². The Morgan fingerprint density at radius 2 is 1.90 bits per heavy atom. The van der Waals surface area contributed by atoms with Gasteiger partial charge in [0.2, 0.25) is 0 Å². The highest BCUT2D eigenvalue weighted by atomic mass is 16.5. The van der Waals surface area contributed by atoms with Gasteiger partial charge in [0.25, 0.3) is 0 Å². The fraction of sp³-hybridized carbons (Fsp3) is 0.706. The van der Waals surface area contributed by atoms with E-state index in [9.17, 15) is 9.90 Å². The topological polar surface area (TPSA) is 46.5 Å². The summed E-state index contributed by atoms with van der Waals surface area (Å²) in [6, 6.07) is 0. The van der Waals surface area contributed by atoms with Crippen molar-refractivity contribution in [3.05, 3.63) is 23.8 Å². The van der Waals surface area contributed by atoms with Gasteiger partial charge in [0, 0.05) is 0 Å². The highest BCUT2D eigenvalue weighted by molar-refractivity contribution is 5.70. The van der Waals surface area contributed by atoms with Crippen molar-refractivity contribution in [2.45, 2.75) is 71.8 Å². The zero-order chi connectivity index (χ0) is 15.2. The van der Waals surface area contributed by atoms with E-state index in [-0.39, 0.29) is 12.4 Å². The normalized spacial score (nSPS) is 13.7. The Morgan fingerprint density at radius 1 is 1.20 bits per heavy atom. The standard InChI is InChI=1S/C17H30O3/c1-4-6-7-8-9-10-11-12-13-15(3)16(18)14-17(19)20-5-2/h11-13,16,18H,4-10,14H2,1-3H3/b12-11+,15-13+/t16-/m0/s1. The van der Waals surface area contributed by atoms with E-state index in [0.717, 1.165) is 12.0 Å². The maximum absolute atomic E-state index is 11.2. The molecule has 0 aromatic carbocycles. The van der Waals surface area contributed by atoms with Gasteiger partial charge in [0.05, 0.1) is 19.1 Å². The molecule has 0 rings (SSSR count). The van der Waals surface area contributed by atoms with Crippen molar-refractivity contribution in [1.29, 1.82) is 0 Å². The van der Waals surface area contributed by atoms with E-state index < -0.39 is 6.10 Å². The summed E-state index contributed by atoms with van der Waals surface area (Å²) in [7, 11) is 0. The number of hydrogen-bond acceptors (Lipinski definition) is 3. The van der Waals surface area contributed by atoms with Gasteiger partial charge in [-0.05, 0) is 32.3 Å². The second-order valence-electron chi connectivity index (χ2n) is 5.07. The summed E-state index contributed by atoms with van der Waals surface area (Å²) < 4.78 is 4.81. The Bertz CT molecular complexity index is 305. The molecular weight excluding hydrogens is 252 g/mol. The maximum atomic E-state index is 11.2. The van der Waals surface area contributed by atoms with Gasteiger partial charge < -0.3 is 9.84 Å². The van der Waals surface area contributed by atoms with E-state index in [2.05, 4.69) is 13.0 Å². The first kappa shape index (κ1) is 18.9. The van der Waals surface area contributed by atoms with Gasteiger partial charge >= 0.3 is 5.97 Å². The number of ether oxygens (including phenoxy) is 1. The van der Waals surface area contributed by atoms with Crippen molar-refractivity contribution in [3.8, 4) is 0 Å². The van der Waals surface area contributed by atoms with Gasteiger partial charge in [0.15, 0.2) is 0 Å². The number of carbonyl (C=O) groups excluding carboxylic acids is 1. The molecule has 0 aliphatic carbocycles. The zero-order valence-corrected chi connectivity index (χ0v) is 13.2. The molecule has 3 heteroatoms. The molecule has 0 aromatic heterocycles. The number of esters is 1. The smallest absolute Gasteiger partial charge is 0.308 e. The Hall–Kier alpha value is -1.09. The summed E-state index contributed by atoms with van der Waals surface area (Å²) >= 11 is 0. The second kappa shape index (κ2) is 12.9. The summed E-state index contributed by atoms with van der Waals surface area (Å²) in [5, 5.41) is 9.81. The van der Waals surface area contributed by atoms with Crippen molar-refractivity contribution in [2.24, 2.45) is 0 Å². The van der Waals surface area contributed by atoms with E-state index in [1.807, 2.05) is 19.1 Å². The quantitative estimate of drug-likeness (QED) is 0.351. The first-order valence-electron chi connectivity index (χ1n) is 7.78. The summed E-state index contributed by atoms with van der Waals surface area (Å²) in [5.41, 5.74) is 0.792. The Labute approximate surface area is 123 Å². The third-order valence-electron chi connectivity index (χ3n) is 3.16. The molecule has 0 radical (unpaired) electrons. The lowest BCUT2D eigenvalue weighted by Gasteiger charge is -2.09. The van der Waals surface area contributed by atoms with Crippen LogP contribution in [0, 0.1) is 0 Å². The summed E-state index contributed by atoms with van der Waals surface area (Å²) in [6.45, 7) is 6.16. The van der Waals surface area contributed by atoms with Crippen LogP contribution < -0.4 is 0 Å². The maximum Gasteiger partial charge on any atom is 0.308 e. The minimum absolute atomic E-state index is 0.0288. The van der Waals surface area contributed by atoms with Crippen molar-refractivity contribution in [3.63, 3.8) is 0 Å². The van der Waals surface area contributed by atoms with Crippen molar-refractivity contribution in [2.75, 3.05) is 6.61 Å². The lowest BCUT2D eigenvalue weighted by atomic mass is 10.1. The zero-order valence-electron chi connectivity index (χ0n) is 13.2. The van der Waals surface area contributed by atoms with Gasteiger partial charge in [-0.1, -0.05) is 50.8 Å². The Kier molecular flexibility index (Phi) is 12.2. The number of unbranched alkanes of at least 4 members (excludes halogenated alkanes) is 5. The van der Waals surface area contributed by atoms with Crippen molar-refractivity contribution in [1.82, 2.24) is 0 Å². The molecule has 0 aliphatic rings. The molecule has 0 aromatic rings. The summed E-state index contributed by atoms with van der Waals surface area (Å²) in [5.74, 6) is -0.354. The molecule has 20 heavy (non-hydrogen) atoms. The Morgan fingerprint density at radius 3 is 2.55 bits per heavy atom. The van der Waals surface area contributed by atoms with Gasteiger partial charge in [-0.25, -0.2) is 0 Å². The van der Waals surface area contributed by atoms with Crippen LogP contribution >= 0.6 is 0 Å². The van der Waals surface area contributed by atoms with Crippen molar-refractivity contribution >= 4 is 5.97 Å². The predicted molar refractivity (Wildman–Crippen MR) is 83.5 cm³/mol. The predicted octanol–water partition coefficient (Wildman–Crippen LogP) is 4.16. The van der Waals surface area contributed by atoms with E-state index >= 15 is 0 Å². The molecule has 0 spiro atoms. The van der Waals surface area contributed by atoms with Crippen LogP contribution in [0.3, 0.4) is 0 Å². The molecule has 1 N–H and O–H groups in total. The minimum atomic E-state index is -0.747. The van der Waals surface area contributed by atoms with Gasteiger partial charge in [0.1, 0.15) is 0 Å². The van der Waals surface area contributed by atoms with Crippen molar-refractivity contribution < 1.29 is 14.6 Å². The van der Waals surface area contributed by atoms with Crippen LogP contribution in [-0.4, -0.2) is 23.8 Å². The molecule has 116 valence electrons. The van der Waals surface area contributed by atoms with E-state index in [1.165, 1.54) is 32.1 Å². The third kappa shape index (κ3) is 10.8. The SMILES string of the molecule is CCCCCCC/C=C/C=C(\C)[C@@H](O)CC(=O)OCC. The molecule has 0 amide bonds. The van der Waals surface area contributed by atoms with Gasteiger partial charge in [-0.2, -0.15) is 0 Å². The molecule has 3 nitrogen and oxygen atoms in total. The number of aliphatic hydroxyl groups is 1. The molecule has 0 bridgehead atoms. The summed E-state index contributed by atoms with van der Waals surface area (Å²) in [6.07, 6.45) is 12.7. The van der Waals surface area contributed by atoms with Crippen LogP contribution in [0.1, 0.15) is 65.7 Å². The molecule has 0 aliphatic heterocycles. The monoisotopic (exact) mass is 282 g/mol. The number of allylic oxidation sites excluding steroid dienone is 3. The summed E-state index contributed by atoms with van der Waals surface area (Å²) in [4.78, 5) is 11.2. The van der Waals surface area contributed by atoms with Crippen LogP contribution in [0.25, 0.3) is 0 Å². The van der Waals surface area contributed by atoms with E-state index in [4.69, 9.17) is 4.74 Å². The van der Waals surface area contributed by atoms with Gasteiger partial charge in [-0.15, -0.1) is 0 Å². The van der Waals surface area contributed by atoms with E-state index in [0.29, 0.717) is 6.61 Å². The third-order valence-corrected chi connectivity index (χ3v) is 3.16. The average molecular weight is 282 g/mol. The molecular formula is C17H30O3. The van der Waals surface area contributed by atoms with Crippen LogP contribution in [0.5, 0.6) is 0 Å². The molecule has 0 saturated heterocycles. The molecule has 0 saturated carbocycles. The largest absolute Gasteiger partial charge is 0.466 e.